The van der Waals surface area contributed by atoms with Crippen LogP contribution in [0.1, 0.15) is 64.5 Å². The summed E-state index contributed by atoms with van der Waals surface area (Å²) < 4.78 is 17.1. The van der Waals surface area contributed by atoms with E-state index in [9.17, 15) is 9.59 Å². The maximum Gasteiger partial charge on any atom is 0.367 e. The summed E-state index contributed by atoms with van der Waals surface area (Å²) in [6, 6.07) is 8.34. The standard InChI is InChI=1S/C25H32O5/c1-5-11-21-19-15-17-13-9-10-14-18(17)16-20(19)22(12-6-2)30-25(21,23(26)28-7-3)24(27)29-8-4/h9-10,13-14H,5-8,11-12,15-16H2,1-4H3. The molecule has 3 rings (SSSR count). The van der Waals surface area contributed by atoms with Gasteiger partial charge in [0, 0.05) is 18.4 Å². The lowest BCUT2D eigenvalue weighted by atomic mass is 9.73. The summed E-state index contributed by atoms with van der Waals surface area (Å²) in [7, 11) is 0. The Balaban J connectivity index is 2.27. The van der Waals surface area contributed by atoms with Gasteiger partial charge in [-0.05, 0) is 55.4 Å². The van der Waals surface area contributed by atoms with Gasteiger partial charge >= 0.3 is 17.5 Å². The number of fused-ring (bicyclic) bond motifs is 2. The molecule has 0 N–H and O–H groups in total. The third kappa shape index (κ3) is 3.78. The van der Waals surface area contributed by atoms with Crippen LogP contribution in [-0.2, 0) is 36.6 Å². The van der Waals surface area contributed by atoms with Crippen LogP contribution < -0.4 is 0 Å². The van der Waals surface area contributed by atoms with E-state index in [1.54, 1.807) is 13.8 Å². The molecule has 0 atom stereocenters. The summed E-state index contributed by atoms with van der Waals surface area (Å²) in [6.07, 6.45) is 4.27. The van der Waals surface area contributed by atoms with Crippen molar-refractivity contribution in [3.8, 4) is 0 Å². The van der Waals surface area contributed by atoms with Crippen molar-refractivity contribution >= 4 is 11.9 Å². The van der Waals surface area contributed by atoms with E-state index in [0.29, 0.717) is 30.6 Å². The van der Waals surface area contributed by atoms with Crippen LogP contribution in [-0.4, -0.2) is 30.8 Å². The predicted octanol–water partition coefficient (Wildman–Crippen LogP) is 4.83. The Hall–Kier alpha value is -2.56. The molecular weight excluding hydrogens is 380 g/mol. The van der Waals surface area contributed by atoms with Gasteiger partial charge in [-0.25, -0.2) is 9.59 Å². The zero-order valence-corrected chi connectivity index (χ0v) is 18.5. The van der Waals surface area contributed by atoms with Crippen LogP contribution in [0.2, 0.25) is 0 Å². The van der Waals surface area contributed by atoms with E-state index in [0.717, 1.165) is 30.4 Å². The van der Waals surface area contributed by atoms with Crippen molar-refractivity contribution < 1.29 is 23.8 Å². The number of benzene rings is 1. The lowest BCUT2D eigenvalue weighted by Gasteiger charge is -2.41. The van der Waals surface area contributed by atoms with Crippen LogP contribution in [0.5, 0.6) is 0 Å². The number of carbonyl (C=O) groups is 2. The highest BCUT2D eigenvalue weighted by atomic mass is 16.6. The number of hydrogen-bond donors (Lipinski definition) is 0. The fourth-order valence-corrected chi connectivity index (χ4v) is 4.46. The van der Waals surface area contributed by atoms with Crippen LogP contribution in [0.4, 0.5) is 0 Å². The van der Waals surface area contributed by atoms with Gasteiger partial charge in [0.2, 0.25) is 0 Å². The zero-order chi connectivity index (χ0) is 21.7. The topological polar surface area (TPSA) is 61.8 Å². The molecule has 5 nitrogen and oxygen atoms in total. The molecule has 1 aromatic carbocycles. The van der Waals surface area contributed by atoms with Crippen LogP contribution in [0.25, 0.3) is 0 Å². The Labute approximate surface area is 179 Å². The second kappa shape index (κ2) is 9.50. The fourth-order valence-electron chi connectivity index (χ4n) is 4.46. The Morgan fingerprint density at radius 1 is 0.867 bits per heavy atom. The molecule has 0 saturated heterocycles. The highest BCUT2D eigenvalue weighted by Crippen LogP contribution is 2.46. The lowest BCUT2D eigenvalue weighted by Crippen LogP contribution is -2.55. The van der Waals surface area contributed by atoms with Crippen LogP contribution in [0.3, 0.4) is 0 Å². The lowest BCUT2D eigenvalue weighted by molar-refractivity contribution is -0.182. The van der Waals surface area contributed by atoms with E-state index in [1.807, 2.05) is 19.1 Å². The Bertz CT molecular complexity index is 859. The number of rotatable bonds is 8. The van der Waals surface area contributed by atoms with Crippen molar-refractivity contribution in [1.82, 2.24) is 0 Å². The van der Waals surface area contributed by atoms with Crippen molar-refractivity contribution in [2.45, 2.75) is 71.8 Å². The average Bonchev–Trinajstić information content (AvgIpc) is 2.74. The molecule has 0 bridgehead atoms. The minimum absolute atomic E-state index is 0.167. The molecule has 0 saturated carbocycles. The molecule has 1 heterocycles. The van der Waals surface area contributed by atoms with Gasteiger partial charge in [0.05, 0.1) is 13.2 Å². The quantitative estimate of drug-likeness (QED) is 0.452. The van der Waals surface area contributed by atoms with E-state index >= 15 is 0 Å². The summed E-state index contributed by atoms with van der Waals surface area (Å²) >= 11 is 0. The van der Waals surface area contributed by atoms with E-state index in [-0.39, 0.29) is 13.2 Å². The number of carbonyl (C=O) groups excluding carboxylic acids is 2. The highest BCUT2D eigenvalue weighted by molar-refractivity contribution is 6.08. The largest absolute Gasteiger partial charge is 0.464 e. The van der Waals surface area contributed by atoms with E-state index in [4.69, 9.17) is 14.2 Å². The molecule has 0 amide bonds. The van der Waals surface area contributed by atoms with Gasteiger partial charge in [0.1, 0.15) is 5.76 Å². The molecule has 162 valence electrons. The van der Waals surface area contributed by atoms with Gasteiger partial charge in [-0.1, -0.05) is 44.5 Å². The minimum Gasteiger partial charge on any atom is -0.464 e. The first-order valence-corrected chi connectivity index (χ1v) is 11.1. The third-order valence-electron chi connectivity index (χ3n) is 5.72. The maximum atomic E-state index is 13.3. The second-order valence-electron chi connectivity index (χ2n) is 7.71. The normalized spacial score (nSPS) is 17.1. The van der Waals surface area contributed by atoms with Crippen molar-refractivity contribution in [2.75, 3.05) is 13.2 Å². The van der Waals surface area contributed by atoms with Gasteiger partial charge in [0.15, 0.2) is 0 Å². The number of esters is 2. The smallest absolute Gasteiger partial charge is 0.367 e. The zero-order valence-electron chi connectivity index (χ0n) is 18.5. The van der Waals surface area contributed by atoms with Gasteiger partial charge in [-0.3, -0.25) is 0 Å². The van der Waals surface area contributed by atoms with Gasteiger partial charge in [0.25, 0.3) is 0 Å². The molecule has 0 unspecified atom stereocenters. The molecule has 5 heteroatoms. The summed E-state index contributed by atoms with van der Waals surface area (Å²) in [5.74, 6) is -0.639. The minimum atomic E-state index is -1.85. The first-order chi connectivity index (χ1) is 14.5. The van der Waals surface area contributed by atoms with Crippen LogP contribution >= 0.6 is 0 Å². The number of hydrogen-bond acceptors (Lipinski definition) is 5. The molecule has 1 aliphatic heterocycles. The first kappa shape index (κ1) is 22.1. The van der Waals surface area contributed by atoms with Crippen molar-refractivity contribution in [3.05, 3.63) is 57.9 Å². The molecule has 2 aliphatic rings. The molecule has 1 aliphatic carbocycles. The van der Waals surface area contributed by atoms with Gasteiger partial charge < -0.3 is 14.2 Å². The summed E-state index contributed by atoms with van der Waals surface area (Å²) in [4.78, 5) is 26.6. The van der Waals surface area contributed by atoms with Crippen LogP contribution in [0.15, 0.2) is 46.7 Å². The predicted molar refractivity (Wildman–Crippen MR) is 115 cm³/mol. The van der Waals surface area contributed by atoms with Gasteiger partial charge in [-0.15, -0.1) is 0 Å². The van der Waals surface area contributed by atoms with Crippen molar-refractivity contribution in [3.63, 3.8) is 0 Å². The Morgan fingerprint density at radius 2 is 1.40 bits per heavy atom. The number of allylic oxidation sites excluding steroid dienone is 3. The highest BCUT2D eigenvalue weighted by Gasteiger charge is 2.58. The van der Waals surface area contributed by atoms with Crippen molar-refractivity contribution in [1.29, 1.82) is 0 Å². The van der Waals surface area contributed by atoms with E-state index in [1.165, 1.54) is 11.1 Å². The SMILES string of the molecule is CCCC1=C2Cc3ccccc3CC2=C(CCC)C(C(=O)OCC)(C(=O)OCC)O1. The molecule has 1 aromatic rings. The van der Waals surface area contributed by atoms with E-state index in [2.05, 4.69) is 19.1 Å². The second-order valence-corrected chi connectivity index (χ2v) is 7.71. The number of ether oxygens (including phenoxy) is 3. The first-order valence-electron chi connectivity index (χ1n) is 11.1. The average molecular weight is 413 g/mol. The molecule has 0 aromatic heterocycles. The fraction of sp³-hybridized carbons (Fsp3) is 0.520. The summed E-state index contributed by atoms with van der Waals surface area (Å²) in [6.45, 7) is 7.90. The summed E-state index contributed by atoms with van der Waals surface area (Å²) in [5.41, 5.74) is 3.51. The van der Waals surface area contributed by atoms with Crippen molar-refractivity contribution in [2.24, 2.45) is 0 Å². The molecular formula is C25H32O5. The molecule has 0 fully saturated rings. The molecule has 0 radical (unpaired) electrons. The Kier molecular flexibility index (Phi) is 7.01. The van der Waals surface area contributed by atoms with E-state index < -0.39 is 17.5 Å². The van der Waals surface area contributed by atoms with Crippen LogP contribution in [0, 0.1) is 0 Å². The molecule has 0 spiro atoms. The monoisotopic (exact) mass is 412 g/mol. The summed E-state index contributed by atoms with van der Waals surface area (Å²) in [5, 5.41) is 0. The molecule has 30 heavy (non-hydrogen) atoms. The Morgan fingerprint density at radius 3 is 1.90 bits per heavy atom. The van der Waals surface area contributed by atoms with Gasteiger partial charge in [-0.2, -0.15) is 0 Å². The maximum absolute atomic E-state index is 13.3. The third-order valence-corrected chi connectivity index (χ3v) is 5.72.